The van der Waals surface area contributed by atoms with Crippen LogP contribution in [-0.4, -0.2) is 97.9 Å². The van der Waals surface area contributed by atoms with Crippen molar-refractivity contribution in [1.82, 2.24) is 41.1 Å². The van der Waals surface area contributed by atoms with Crippen LogP contribution in [0.25, 0.3) is 0 Å². The maximum atomic E-state index is 13.6. The van der Waals surface area contributed by atoms with Crippen LogP contribution in [0.4, 0.5) is 4.39 Å². The van der Waals surface area contributed by atoms with Crippen molar-refractivity contribution in [3.63, 3.8) is 0 Å². The van der Waals surface area contributed by atoms with Crippen LogP contribution < -0.4 is 10.6 Å². The van der Waals surface area contributed by atoms with Crippen LogP contribution in [0.5, 0.6) is 0 Å². The van der Waals surface area contributed by atoms with Crippen molar-refractivity contribution >= 4 is 35.2 Å². The van der Waals surface area contributed by atoms with Crippen LogP contribution in [0.3, 0.4) is 0 Å². The summed E-state index contributed by atoms with van der Waals surface area (Å²) in [7, 11) is 2.87. The van der Waals surface area contributed by atoms with Gasteiger partial charge in [0.1, 0.15) is 11.7 Å². The van der Waals surface area contributed by atoms with Crippen LogP contribution in [0.15, 0.2) is 23.2 Å². The van der Waals surface area contributed by atoms with Gasteiger partial charge < -0.3 is 15.5 Å². The molecule has 1 aliphatic carbocycles. The Kier molecular flexibility index (Phi) is 6.67. The Morgan fingerprint density at radius 3 is 2.52 bits per heavy atom. The van der Waals surface area contributed by atoms with Crippen LogP contribution in [0, 0.1) is 12.7 Å². The number of H-pyrrole nitrogens is 1. The first-order valence-electron chi connectivity index (χ1n) is 12.7. The molecule has 1 atom stereocenters. The van der Waals surface area contributed by atoms with E-state index in [0.717, 1.165) is 4.90 Å². The Labute approximate surface area is 227 Å². The lowest BCUT2D eigenvalue weighted by atomic mass is 9.68. The largest absolute Gasteiger partial charge is 0.350 e. The second kappa shape index (κ2) is 9.88. The zero-order chi connectivity index (χ0) is 28.8. The molecule has 3 fully saturated rings. The van der Waals surface area contributed by atoms with Crippen molar-refractivity contribution < 1.29 is 28.4 Å². The number of amides is 4. The number of aryl methyl sites for hydroxylation is 1. The third-order valence-corrected chi connectivity index (χ3v) is 7.87. The lowest BCUT2D eigenvalue weighted by Gasteiger charge is -2.41. The van der Waals surface area contributed by atoms with Crippen molar-refractivity contribution in [2.75, 3.05) is 20.6 Å². The zero-order valence-electron chi connectivity index (χ0n) is 22.2. The highest BCUT2D eigenvalue weighted by Crippen LogP contribution is 2.47. The Hall–Kier alpha value is -4.56. The third-order valence-electron chi connectivity index (χ3n) is 7.87. The number of hydrogen-bond donors (Lipinski definition) is 3. The molecule has 2 aromatic rings. The summed E-state index contributed by atoms with van der Waals surface area (Å²) in [6.45, 7) is 1.55. The minimum absolute atomic E-state index is 0.0155. The summed E-state index contributed by atoms with van der Waals surface area (Å²) in [6.07, 6.45) is 1.27. The SMILES string of the molecule is Cc1cc(CNC(=O)C2N=C3N(CC4(c5nn[nH]n5)CCC3(NC(=O)C(=O)N(C)C)CC4)C(=O)C2=O)ccc1F. The molecule has 1 aromatic carbocycles. The van der Waals surface area contributed by atoms with E-state index in [4.69, 9.17) is 0 Å². The fourth-order valence-electron chi connectivity index (χ4n) is 5.58. The topological polar surface area (TPSA) is 183 Å². The molecule has 1 aromatic heterocycles. The summed E-state index contributed by atoms with van der Waals surface area (Å²) in [5.74, 6) is -4.52. The molecule has 6 rings (SSSR count). The number of hydrogen-bond acceptors (Lipinski definition) is 9. The van der Waals surface area contributed by atoms with Gasteiger partial charge in [-0.2, -0.15) is 5.21 Å². The number of carbonyl (C=O) groups is 5. The van der Waals surface area contributed by atoms with Gasteiger partial charge in [-0.15, -0.1) is 10.2 Å². The van der Waals surface area contributed by atoms with E-state index in [1.54, 1.807) is 13.0 Å². The summed E-state index contributed by atoms with van der Waals surface area (Å²) in [4.78, 5) is 72.0. The molecule has 2 saturated heterocycles. The average molecular weight is 554 g/mol. The van der Waals surface area contributed by atoms with Crippen molar-refractivity contribution in [1.29, 1.82) is 0 Å². The molecule has 2 bridgehead atoms. The lowest BCUT2D eigenvalue weighted by molar-refractivity contribution is -0.146. The monoisotopic (exact) mass is 553 g/mol. The minimum atomic E-state index is -1.70. The van der Waals surface area contributed by atoms with E-state index < -0.39 is 52.2 Å². The van der Waals surface area contributed by atoms with E-state index in [9.17, 15) is 28.4 Å². The number of amidine groups is 1. The predicted molar refractivity (Wildman–Crippen MR) is 135 cm³/mol. The Balaban J connectivity index is 1.50. The number of benzene rings is 1. The summed E-state index contributed by atoms with van der Waals surface area (Å²) in [5, 5.41) is 19.7. The first kappa shape index (κ1) is 27.0. The van der Waals surface area contributed by atoms with Gasteiger partial charge in [0.25, 0.3) is 17.6 Å². The number of aromatic nitrogens is 4. The molecule has 3 aliphatic heterocycles. The Morgan fingerprint density at radius 1 is 1.18 bits per heavy atom. The van der Waals surface area contributed by atoms with Crippen LogP contribution in [0.2, 0.25) is 0 Å². The highest BCUT2D eigenvalue weighted by molar-refractivity contribution is 6.46. The highest BCUT2D eigenvalue weighted by Gasteiger charge is 2.59. The number of rotatable bonds is 5. The maximum absolute atomic E-state index is 13.6. The number of tetrazole rings is 1. The Bertz CT molecular complexity index is 1430. The first-order chi connectivity index (χ1) is 19.0. The predicted octanol–water partition coefficient (Wildman–Crippen LogP) is -1.09. The van der Waals surface area contributed by atoms with Gasteiger partial charge >= 0.3 is 11.8 Å². The molecule has 3 N–H and O–H groups in total. The van der Waals surface area contributed by atoms with Gasteiger partial charge in [0.05, 0.1) is 11.0 Å². The van der Waals surface area contributed by atoms with Gasteiger partial charge in [0.2, 0.25) is 0 Å². The molecule has 40 heavy (non-hydrogen) atoms. The van der Waals surface area contributed by atoms with Gasteiger partial charge in [-0.1, -0.05) is 17.3 Å². The molecule has 1 unspecified atom stereocenters. The minimum Gasteiger partial charge on any atom is -0.350 e. The zero-order valence-corrected chi connectivity index (χ0v) is 22.2. The molecule has 14 nitrogen and oxygen atoms in total. The molecule has 15 heteroatoms. The number of nitrogens with zero attached hydrogens (tertiary/aromatic N) is 6. The maximum Gasteiger partial charge on any atom is 0.311 e. The summed E-state index contributed by atoms with van der Waals surface area (Å²) in [5.41, 5.74) is -1.09. The highest BCUT2D eigenvalue weighted by atomic mass is 19.1. The summed E-state index contributed by atoms with van der Waals surface area (Å²) >= 11 is 0. The number of carbonyl (C=O) groups excluding carboxylic acids is 5. The molecular formula is C25H28FN9O5. The van der Waals surface area contributed by atoms with Gasteiger partial charge in [-0.05, 0) is 49.8 Å². The van der Waals surface area contributed by atoms with E-state index in [1.807, 2.05) is 0 Å². The van der Waals surface area contributed by atoms with Crippen molar-refractivity contribution in [3.8, 4) is 0 Å². The second-order valence-corrected chi connectivity index (χ2v) is 10.7. The fourth-order valence-corrected chi connectivity index (χ4v) is 5.58. The molecule has 4 aliphatic rings. The second-order valence-electron chi connectivity index (χ2n) is 10.7. The summed E-state index contributed by atoms with van der Waals surface area (Å²) < 4.78 is 13.6. The number of likely N-dealkylation sites (N-methyl/N-ethyl adjacent to an activating group) is 1. The molecule has 1 saturated carbocycles. The van der Waals surface area contributed by atoms with Gasteiger partial charge in [-0.25, -0.2) is 9.38 Å². The number of aliphatic imine (C=N–C) groups is 1. The fraction of sp³-hybridized carbons (Fsp3) is 0.480. The number of nitrogens with one attached hydrogen (secondary N) is 3. The van der Waals surface area contributed by atoms with E-state index in [0.29, 0.717) is 29.8 Å². The van der Waals surface area contributed by atoms with Crippen molar-refractivity contribution in [2.45, 2.75) is 56.1 Å². The van der Waals surface area contributed by atoms with E-state index in [-0.39, 0.29) is 31.8 Å². The van der Waals surface area contributed by atoms with Crippen LogP contribution in [0.1, 0.15) is 42.6 Å². The van der Waals surface area contributed by atoms with E-state index in [1.165, 1.54) is 31.1 Å². The van der Waals surface area contributed by atoms with E-state index in [2.05, 4.69) is 36.3 Å². The Morgan fingerprint density at radius 2 is 1.90 bits per heavy atom. The number of aromatic amines is 1. The number of Topliss-reactive ketones (excluding diaryl/α,β-unsaturated/α-hetero) is 1. The number of fused-ring (bicyclic) bond motifs is 2. The molecule has 0 radical (unpaired) electrons. The van der Waals surface area contributed by atoms with E-state index >= 15 is 0 Å². The average Bonchev–Trinajstić information content (AvgIpc) is 3.40. The quantitative estimate of drug-likeness (QED) is 0.308. The van der Waals surface area contributed by atoms with Gasteiger partial charge in [0.15, 0.2) is 11.9 Å². The summed E-state index contributed by atoms with van der Waals surface area (Å²) in [6, 6.07) is 2.63. The normalized spacial score (nSPS) is 25.6. The van der Waals surface area contributed by atoms with Gasteiger partial charge in [0, 0.05) is 27.2 Å². The van der Waals surface area contributed by atoms with Gasteiger partial charge in [-0.3, -0.25) is 28.9 Å². The smallest absolute Gasteiger partial charge is 0.311 e. The molecule has 210 valence electrons. The molecule has 4 heterocycles. The molecule has 4 amide bonds. The molecular weight excluding hydrogens is 525 g/mol. The number of ketones is 1. The van der Waals surface area contributed by atoms with Crippen molar-refractivity contribution in [2.24, 2.45) is 4.99 Å². The first-order valence-corrected chi connectivity index (χ1v) is 12.7. The van der Waals surface area contributed by atoms with Crippen LogP contribution in [-0.2, 0) is 35.9 Å². The number of halogens is 1. The lowest BCUT2D eigenvalue weighted by Crippen LogP contribution is -2.65. The standard InChI is InChI=1S/C25H28FN9O5/c1-13-10-14(4-5-15(13)26)11-27-18(37)16-17(36)20(39)35-12-24(22-30-32-33-31-22)6-8-25(9-7-24,23(35)28-16)29-19(38)21(40)34(2)3/h4-5,10,16H,6-9,11-12H2,1-3H3,(H,27,37)(H,29,38)(H,30,31,32,33). The molecule has 0 spiro atoms. The van der Waals surface area contributed by atoms with Crippen LogP contribution >= 0.6 is 0 Å². The van der Waals surface area contributed by atoms with Crippen molar-refractivity contribution in [3.05, 3.63) is 41.0 Å². The third kappa shape index (κ3) is 4.50.